The maximum atomic E-state index is 11.9. The van der Waals surface area contributed by atoms with Gasteiger partial charge in [-0.2, -0.15) is 0 Å². The van der Waals surface area contributed by atoms with Crippen molar-refractivity contribution < 1.29 is 13.9 Å². The smallest absolute Gasteiger partial charge is 0.336 e. The maximum absolute atomic E-state index is 11.9. The number of hydrogen-bond donors (Lipinski definition) is 1. The molecule has 0 aliphatic heterocycles. The van der Waals surface area contributed by atoms with Crippen LogP contribution in [-0.2, 0) is 4.79 Å². The molecule has 1 N–H and O–H groups in total. The van der Waals surface area contributed by atoms with E-state index >= 15 is 0 Å². The highest BCUT2D eigenvalue weighted by molar-refractivity contribution is 5.93. The number of hydrogen-bond acceptors (Lipinski definition) is 4. The van der Waals surface area contributed by atoms with Gasteiger partial charge in [0, 0.05) is 17.5 Å². The number of fused-ring (bicyclic) bond motifs is 1. The van der Waals surface area contributed by atoms with Crippen molar-refractivity contribution in [2.75, 3.05) is 13.2 Å². The first-order valence-corrected chi connectivity index (χ1v) is 7.63. The summed E-state index contributed by atoms with van der Waals surface area (Å²) in [4.78, 5) is 23.4. The Morgan fingerprint density at radius 2 is 1.96 bits per heavy atom. The molecule has 1 heterocycles. The number of terminal acetylenes is 1. The molecule has 124 valence electrons. The van der Waals surface area contributed by atoms with Crippen LogP contribution < -0.4 is 15.7 Å². The Morgan fingerprint density at radius 3 is 2.72 bits per heavy atom. The van der Waals surface area contributed by atoms with Crippen molar-refractivity contribution in [3.05, 3.63) is 65.0 Å². The van der Waals surface area contributed by atoms with Crippen molar-refractivity contribution in [3.8, 4) is 29.2 Å². The summed E-state index contributed by atoms with van der Waals surface area (Å²) in [6.07, 6.45) is 5.08. The molecule has 0 spiro atoms. The summed E-state index contributed by atoms with van der Waals surface area (Å²) in [5.74, 6) is 2.42. The molecule has 1 amide bonds. The fraction of sp³-hybridized carbons (Fsp3) is 0.100. The number of ether oxygens (including phenoxy) is 1. The lowest BCUT2D eigenvalue weighted by Crippen LogP contribution is -2.29. The van der Waals surface area contributed by atoms with Crippen molar-refractivity contribution in [2.45, 2.75) is 0 Å². The van der Waals surface area contributed by atoms with Gasteiger partial charge in [0.25, 0.3) is 5.91 Å². The highest BCUT2D eigenvalue weighted by Gasteiger charge is 2.09. The van der Waals surface area contributed by atoms with Crippen molar-refractivity contribution in [1.82, 2.24) is 5.32 Å². The van der Waals surface area contributed by atoms with Crippen LogP contribution in [0.5, 0.6) is 5.75 Å². The molecular weight excluding hydrogens is 318 g/mol. The second kappa shape index (κ2) is 7.37. The van der Waals surface area contributed by atoms with Crippen LogP contribution in [0.2, 0.25) is 0 Å². The fourth-order valence-electron chi connectivity index (χ4n) is 2.44. The molecule has 0 saturated heterocycles. The van der Waals surface area contributed by atoms with Crippen LogP contribution in [0.1, 0.15) is 0 Å². The number of nitrogens with one attached hydrogen (secondary N) is 1. The molecule has 0 fully saturated rings. The van der Waals surface area contributed by atoms with E-state index in [9.17, 15) is 9.59 Å². The Balaban J connectivity index is 1.90. The molecule has 5 nitrogen and oxygen atoms in total. The van der Waals surface area contributed by atoms with E-state index in [1.807, 2.05) is 30.3 Å². The van der Waals surface area contributed by atoms with Crippen molar-refractivity contribution >= 4 is 16.9 Å². The van der Waals surface area contributed by atoms with Crippen molar-refractivity contribution in [1.29, 1.82) is 0 Å². The first-order valence-electron chi connectivity index (χ1n) is 7.63. The summed E-state index contributed by atoms with van der Waals surface area (Å²) in [7, 11) is 0. The largest absolute Gasteiger partial charge is 0.484 e. The molecule has 0 aliphatic carbocycles. The zero-order chi connectivity index (χ0) is 17.6. The third kappa shape index (κ3) is 3.88. The van der Waals surface area contributed by atoms with Crippen LogP contribution in [0.4, 0.5) is 0 Å². The van der Waals surface area contributed by atoms with E-state index in [1.165, 1.54) is 6.07 Å². The van der Waals surface area contributed by atoms with Gasteiger partial charge in [-0.15, -0.1) is 6.42 Å². The molecule has 0 radical (unpaired) electrons. The third-order valence-electron chi connectivity index (χ3n) is 3.56. The maximum Gasteiger partial charge on any atom is 0.336 e. The number of carbonyl (C=O) groups is 1. The predicted molar refractivity (Wildman–Crippen MR) is 95.3 cm³/mol. The van der Waals surface area contributed by atoms with Gasteiger partial charge in [0.1, 0.15) is 11.3 Å². The van der Waals surface area contributed by atoms with Crippen LogP contribution in [0.3, 0.4) is 0 Å². The van der Waals surface area contributed by atoms with Crippen LogP contribution in [0.15, 0.2) is 63.8 Å². The summed E-state index contributed by atoms with van der Waals surface area (Å²) in [5, 5.41) is 3.29. The summed E-state index contributed by atoms with van der Waals surface area (Å²) < 4.78 is 10.7. The Hall–Kier alpha value is -3.52. The van der Waals surface area contributed by atoms with Crippen molar-refractivity contribution in [2.24, 2.45) is 0 Å². The van der Waals surface area contributed by atoms with E-state index < -0.39 is 5.63 Å². The van der Waals surface area contributed by atoms with Gasteiger partial charge in [0.15, 0.2) is 6.61 Å². The van der Waals surface area contributed by atoms with Crippen LogP contribution in [0.25, 0.3) is 22.1 Å². The number of rotatable bonds is 5. The first-order chi connectivity index (χ1) is 12.2. The quantitative estimate of drug-likeness (QED) is 0.576. The lowest BCUT2D eigenvalue weighted by Gasteiger charge is -2.09. The van der Waals surface area contributed by atoms with Crippen LogP contribution in [0, 0.1) is 12.3 Å². The third-order valence-corrected chi connectivity index (χ3v) is 3.56. The molecule has 0 bridgehead atoms. The molecule has 0 atom stereocenters. The molecule has 0 unspecified atom stereocenters. The predicted octanol–water partition coefficient (Wildman–Crippen LogP) is 2.59. The lowest BCUT2D eigenvalue weighted by atomic mass is 10.0. The van der Waals surface area contributed by atoms with E-state index in [2.05, 4.69) is 11.2 Å². The summed E-state index contributed by atoms with van der Waals surface area (Å²) in [6, 6.07) is 16.2. The first kappa shape index (κ1) is 16.3. The van der Waals surface area contributed by atoms with Gasteiger partial charge in [0.05, 0.1) is 6.54 Å². The number of amides is 1. The summed E-state index contributed by atoms with van der Waals surface area (Å²) in [6.45, 7) is -0.0228. The fourth-order valence-corrected chi connectivity index (χ4v) is 2.44. The molecule has 5 heteroatoms. The minimum atomic E-state index is -0.449. The number of carbonyl (C=O) groups excluding carboxylic acids is 1. The standard InChI is InChI=1S/C20H15NO4/c1-2-10-21-19(22)13-24-15-8-9-16-17(14-6-4-3-5-7-14)12-20(23)25-18(16)11-15/h1,3-9,11-12H,10,13H2,(H,21,22). The summed E-state index contributed by atoms with van der Waals surface area (Å²) >= 11 is 0. The lowest BCUT2D eigenvalue weighted by molar-refractivity contribution is -0.122. The molecule has 3 aromatic rings. The summed E-state index contributed by atoms with van der Waals surface area (Å²) in [5.41, 5.74) is 1.65. The SMILES string of the molecule is C#CCNC(=O)COc1ccc2c(-c3ccccc3)cc(=O)oc2c1. The van der Waals surface area contributed by atoms with Gasteiger partial charge < -0.3 is 14.5 Å². The van der Waals surface area contributed by atoms with E-state index in [0.29, 0.717) is 11.3 Å². The minimum absolute atomic E-state index is 0.148. The minimum Gasteiger partial charge on any atom is -0.484 e. The highest BCUT2D eigenvalue weighted by atomic mass is 16.5. The van der Waals surface area contributed by atoms with Crippen LogP contribution >= 0.6 is 0 Å². The molecule has 2 aromatic carbocycles. The van der Waals surface area contributed by atoms with E-state index in [1.54, 1.807) is 18.2 Å². The Bertz CT molecular complexity index is 1000. The van der Waals surface area contributed by atoms with Gasteiger partial charge >= 0.3 is 5.63 Å². The molecular formula is C20H15NO4. The molecule has 0 aliphatic rings. The van der Waals surface area contributed by atoms with Gasteiger partial charge in [-0.3, -0.25) is 4.79 Å². The molecule has 25 heavy (non-hydrogen) atoms. The number of benzene rings is 2. The van der Waals surface area contributed by atoms with Gasteiger partial charge in [0.2, 0.25) is 0 Å². The molecule has 0 saturated carbocycles. The van der Waals surface area contributed by atoms with E-state index in [-0.39, 0.29) is 19.1 Å². The van der Waals surface area contributed by atoms with Gasteiger partial charge in [-0.25, -0.2) is 4.79 Å². The normalized spacial score (nSPS) is 10.2. The Labute approximate surface area is 144 Å². The zero-order valence-corrected chi connectivity index (χ0v) is 13.3. The van der Waals surface area contributed by atoms with Gasteiger partial charge in [-0.1, -0.05) is 36.3 Å². The average Bonchev–Trinajstić information content (AvgIpc) is 2.64. The second-order valence-corrected chi connectivity index (χ2v) is 5.27. The monoisotopic (exact) mass is 333 g/mol. The molecule has 1 aromatic heterocycles. The Kier molecular flexibility index (Phi) is 4.82. The average molecular weight is 333 g/mol. The van der Waals surface area contributed by atoms with E-state index in [0.717, 1.165) is 16.5 Å². The Morgan fingerprint density at radius 1 is 1.16 bits per heavy atom. The highest BCUT2D eigenvalue weighted by Crippen LogP contribution is 2.29. The topological polar surface area (TPSA) is 68.5 Å². The molecule has 3 rings (SSSR count). The van der Waals surface area contributed by atoms with Crippen LogP contribution in [-0.4, -0.2) is 19.1 Å². The second-order valence-electron chi connectivity index (χ2n) is 5.27. The van der Waals surface area contributed by atoms with Gasteiger partial charge in [-0.05, 0) is 23.3 Å². The van der Waals surface area contributed by atoms with E-state index in [4.69, 9.17) is 15.6 Å². The zero-order valence-electron chi connectivity index (χ0n) is 13.3. The van der Waals surface area contributed by atoms with Crippen molar-refractivity contribution in [3.63, 3.8) is 0 Å².